The molecule has 0 unspecified atom stereocenters. The molecule has 2 nitrogen and oxygen atoms in total. The molecule has 1 heterocycles. The Hall–Kier alpha value is -0.730. The molecule has 0 amide bonds. The van der Waals surface area contributed by atoms with Gasteiger partial charge in [-0.15, -0.1) is 0 Å². The largest absolute Gasteiger partial charge is 0.496 e. The number of hydrogen-bond acceptors (Lipinski definition) is 2. The number of halogens is 1. The molecular formula is C15H22ClNO. The third-order valence-electron chi connectivity index (χ3n) is 3.75. The summed E-state index contributed by atoms with van der Waals surface area (Å²) in [5.41, 5.74) is 2.44. The molecule has 0 aromatic heterocycles. The van der Waals surface area contributed by atoms with E-state index in [1.54, 1.807) is 7.11 Å². The zero-order valence-corrected chi connectivity index (χ0v) is 12.2. The monoisotopic (exact) mass is 267 g/mol. The Bertz CT molecular complexity index is 411. The Morgan fingerprint density at radius 1 is 1.28 bits per heavy atom. The molecule has 0 radical (unpaired) electrons. The third kappa shape index (κ3) is 2.81. The zero-order chi connectivity index (χ0) is 13.1. The van der Waals surface area contributed by atoms with Crippen molar-refractivity contribution in [3.05, 3.63) is 28.3 Å². The molecule has 1 aliphatic heterocycles. The van der Waals surface area contributed by atoms with Crippen molar-refractivity contribution in [3.63, 3.8) is 0 Å². The van der Waals surface area contributed by atoms with E-state index in [9.17, 15) is 0 Å². The molecule has 0 atom stereocenters. The lowest BCUT2D eigenvalue weighted by Crippen LogP contribution is -2.26. The highest BCUT2D eigenvalue weighted by Gasteiger charge is 2.21. The van der Waals surface area contributed by atoms with Gasteiger partial charge in [0, 0.05) is 5.02 Å². The van der Waals surface area contributed by atoms with Gasteiger partial charge in [-0.3, -0.25) is 0 Å². The SMILES string of the molecule is COc1cc(C(C)C)c(Cl)cc1C1CCNCC1. The number of methoxy groups -OCH3 is 1. The average Bonchev–Trinajstić information content (AvgIpc) is 2.39. The molecule has 1 aliphatic rings. The minimum atomic E-state index is 0.425. The fourth-order valence-electron chi connectivity index (χ4n) is 2.66. The molecule has 0 saturated carbocycles. The van der Waals surface area contributed by atoms with E-state index in [0.29, 0.717) is 11.8 Å². The van der Waals surface area contributed by atoms with Crippen LogP contribution in [0.2, 0.25) is 5.02 Å². The van der Waals surface area contributed by atoms with Gasteiger partial charge in [-0.05, 0) is 61.0 Å². The predicted molar refractivity (Wildman–Crippen MR) is 76.9 cm³/mol. The van der Waals surface area contributed by atoms with Crippen LogP contribution in [0, 0.1) is 0 Å². The number of rotatable bonds is 3. The molecule has 1 saturated heterocycles. The lowest BCUT2D eigenvalue weighted by molar-refractivity contribution is 0.391. The van der Waals surface area contributed by atoms with Gasteiger partial charge in [-0.25, -0.2) is 0 Å². The summed E-state index contributed by atoms with van der Waals surface area (Å²) in [6.45, 7) is 6.48. The van der Waals surface area contributed by atoms with Crippen LogP contribution in [-0.2, 0) is 0 Å². The van der Waals surface area contributed by atoms with Crippen LogP contribution < -0.4 is 10.1 Å². The van der Waals surface area contributed by atoms with E-state index in [1.807, 2.05) is 0 Å². The van der Waals surface area contributed by atoms with Crippen LogP contribution in [0.25, 0.3) is 0 Å². The maximum Gasteiger partial charge on any atom is 0.122 e. The standard InChI is InChI=1S/C15H22ClNO/c1-10(2)12-9-15(18-3)13(8-14(12)16)11-4-6-17-7-5-11/h8-11,17H,4-7H2,1-3H3. The zero-order valence-electron chi connectivity index (χ0n) is 11.4. The van der Waals surface area contributed by atoms with Gasteiger partial charge in [0.1, 0.15) is 5.75 Å². The molecule has 0 bridgehead atoms. The first-order chi connectivity index (χ1) is 8.63. The fraction of sp³-hybridized carbons (Fsp3) is 0.600. The number of piperidine rings is 1. The van der Waals surface area contributed by atoms with Gasteiger partial charge in [-0.2, -0.15) is 0 Å². The van der Waals surface area contributed by atoms with E-state index >= 15 is 0 Å². The van der Waals surface area contributed by atoms with E-state index in [0.717, 1.165) is 36.7 Å². The fourth-order valence-corrected chi connectivity index (χ4v) is 3.05. The van der Waals surface area contributed by atoms with Crippen molar-refractivity contribution in [3.8, 4) is 5.75 Å². The van der Waals surface area contributed by atoms with Gasteiger partial charge < -0.3 is 10.1 Å². The van der Waals surface area contributed by atoms with Crippen molar-refractivity contribution in [2.24, 2.45) is 0 Å². The molecule has 1 N–H and O–H groups in total. The molecule has 100 valence electrons. The summed E-state index contributed by atoms with van der Waals surface area (Å²) in [5.74, 6) is 1.99. The van der Waals surface area contributed by atoms with Crippen molar-refractivity contribution < 1.29 is 4.74 Å². The van der Waals surface area contributed by atoms with Crippen LogP contribution in [0.4, 0.5) is 0 Å². The Kier molecular flexibility index (Phi) is 4.52. The lowest BCUT2D eigenvalue weighted by atomic mass is 9.88. The summed E-state index contributed by atoms with van der Waals surface area (Å²) in [5, 5.41) is 4.27. The summed E-state index contributed by atoms with van der Waals surface area (Å²) in [7, 11) is 1.75. The third-order valence-corrected chi connectivity index (χ3v) is 4.08. The van der Waals surface area contributed by atoms with E-state index in [4.69, 9.17) is 16.3 Å². The van der Waals surface area contributed by atoms with Gasteiger partial charge in [0.25, 0.3) is 0 Å². The summed E-state index contributed by atoms with van der Waals surface area (Å²) in [6.07, 6.45) is 2.32. The van der Waals surface area contributed by atoms with E-state index in [1.165, 1.54) is 11.1 Å². The minimum absolute atomic E-state index is 0.425. The first kappa shape index (κ1) is 13.7. The highest BCUT2D eigenvalue weighted by molar-refractivity contribution is 6.31. The minimum Gasteiger partial charge on any atom is -0.496 e. The second kappa shape index (κ2) is 5.94. The maximum absolute atomic E-state index is 6.40. The van der Waals surface area contributed by atoms with Crippen LogP contribution in [-0.4, -0.2) is 20.2 Å². The second-order valence-corrected chi connectivity index (χ2v) is 5.70. The quantitative estimate of drug-likeness (QED) is 0.896. The van der Waals surface area contributed by atoms with Gasteiger partial charge >= 0.3 is 0 Å². The number of hydrogen-bond donors (Lipinski definition) is 1. The van der Waals surface area contributed by atoms with E-state index in [2.05, 4.69) is 31.3 Å². The van der Waals surface area contributed by atoms with Gasteiger partial charge in [0.2, 0.25) is 0 Å². The average molecular weight is 268 g/mol. The van der Waals surface area contributed by atoms with Gasteiger partial charge in [-0.1, -0.05) is 25.4 Å². The smallest absolute Gasteiger partial charge is 0.122 e. The summed E-state index contributed by atoms with van der Waals surface area (Å²) < 4.78 is 5.57. The van der Waals surface area contributed by atoms with E-state index in [-0.39, 0.29) is 0 Å². The summed E-state index contributed by atoms with van der Waals surface area (Å²) >= 11 is 6.40. The van der Waals surface area contributed by atoms with Crippen molar-refractivity contribution in [2.45, 2.75) is 38.5 Å². The summed E-state index contributed by atoms with van der Waals surface area (Å²) in [4.78, 5) is 0. The van der Waals surface area contributed by atoms with Crippen LogP contribution >= 0.6 is 11.6 Å². The maximum atomic E-state index is 6.40. The van der Waals surface area contributed by atoms with Crippen molar-refractivity contribution in [1.29, 1.82) is 0 Å². The van der Waals surface area contributed by atoms with Crippen LogP contribution in [0.5, 0.6) is 5.75 Å². The Balaban J connectivity index is 2.37. The van der Waals surface area contributed by atoms with Crippen molar-refractivity contribution in [1.82, 2.24) is 5.32 Å². The molecule has 1 aromatic rings. The number of benzene rings is 1. The molecule has 0 spiro atoms. The van der Waals surface area contributed by atoms with Crippen molar-refractivity contribution >= 4 is 11.6 Å². The molecule has 3 heteroatoms. The molecule has 2 rings (SSSR count). The normalized spacial score (nSPS) is 17.2. The Labute approximate surface area is 115 Å². The number of nitrogens with one attached hydrogen (secondary N) is 1. The van der Waals surface area contributed by atoms with Crippen LogP contribution in [0.3, 0.4) is 0 Å². The highest BCUT2D eigenvalue weighted by atomic mass is 35.5. The topological polar surface area (TPSA) is 21.3 Å². The second-order valence-electron chi connectivity index (χ2n) is 5.29. The molecule has 0 aliphatic carbocycles. The summed E-state index contributed by atoms with van der Waals surface area (Å²) in [6, 6.07) is 4.23. The first-order valence-corrected chi connectivity index (χ1v) is 7.09. The van der Waals surface area contributed by atoms with Crippen molar-refractivity contribution in [2.75, 3.05) is 20.2 Å². The van der Waals surface area contributed by atoms with Gasteiger partial charge in [0.05, 0.1) is 7.11 Å². The van der Waals surface area contributed by atoms with Crippen LogP contribution in [0.15, 0.2) is 12.1 Å². The molecule has 18 heavy (non-hydrogen) atoms. The lowest BCUT2D eigenvalue weighted by Gasteiger charge is -2.25. The van der Waals surface area contributed by atoms with Crippen LogP contribution in [0.1, 0.15) is 49.7 Å². The molecular weight excluding hydrogens is 246 g/mol. The first-order valence-electron chi connectivity index (χ1n) is 6.71. The predicted octanol–water partition coefficient (Wildman–Crippen LogP) is 3.94. The molecule has 1 aromatic carbocycles. The highest BCUT2D eigenvalue weighted by Crippen LogP contribution is 2.38. The van der Waals surface area contributed by atoms with E-state index < -0.39 is 0 Å². The molecule has 1 fully saturated rings. The Morgan fingerprint density at radius 2 is 1.94 bits per heavy atom. The van der Waals surface area contributed by atoms with Gasteiger partial charge in [0.15, 0.2) is 0 Å². The Morgan fingerprint density at radius 3 is 2.50 bits per heavy atom. The number of ether oxygens (including phenoxy) is 1.